The Balaban J connectivity index is 1.72. The van der Waals surface area contributed by atoms with E-state index in [0.29, 0.717) is 11.4 Å². The van der Waals surface area contributed by atoms with Crippen molar-refractivity contribution in [1.29, 1.82) is 0 Å². The molecule has 2 N–H and O–H groups in total. The van der Waals surface area contributed by atoms with Crippen LogP contribution in [0.3, 0.4) is 0 Å². The Kier molecular flexibility index (Phi) is 4.81. The van der Waals surface area contributed by atoms with Crippen molar-refractivity contribution in [1.82, 2.24) is 0 Å². The number of benzene rings is 2. The minimum absolute atomic E-state index is 0.00950. The van der Waals surface area contributed by atoms with Gasteiger partial charge in [-0.3, -0.25) is 9.52 Å². The maximum absolute atomic E-state index is 12.5. The minimum atomic E-state index is -3.67. The lowest BCUT2D eigenvalue weighted by molar-refractivity contribution is -0.122. The molecule has 0 aromatic heterocycles. The zero-order valence-electron chi connectivity index (χ0n) is 14.4. The number of carbonyl (C=O) groups excluding carboxylic acids is 1. The molecule has 1 fully saturated rings. The summed E-state index contributed by atoms with van der Waals surface area (Å²) in [6, 6.07) is 11.8. The highest BCUT2D eigenvalue weighted by Gasteiger charge is 2.25. The third-order valence-electron chi connectivity index (χ3n) is 4.53. The number of amides is 1. The van der Waals surface area contributed by atoms with Crippen LogP contribution >= 0.6 is 0 Å². The fourth-order valence-electron chi connectivity index (χ4n) is 2.76. The second kappa shape index (κ2) is 6.88. The Morgan fingerprint density at radius 1 is 1.04 bits per heavy atom. The Morgan fingerprint density at radius 3 is 2.28 bits per heavy atom. The first-order valence-electron chi connectivity index (χ1n) is 8.36. The van der Waals surface area contributed by atoms with E-state index in [4.69, 9.17) is 0 Å². The summed E-state index contributed by atoms with van der Waals surface area (Å²) in [4.78, 5) is 12.1. The Hall–Kier alpha value is -2.34. The van der Waals surface area contributed by atoms with Crippen LogP contribution in [0.15, 0.2) is 47.4 Å². The number of rotatable bonds is 5. The van der Waals surface area contributed by atoms with Gasteiger partial charge in [-0.15, -0.1) is 0 Å². The summed E-state index contributed by atoms with van der Waals surface area (Å²) in [6.45, 7) is 3.83. The van der Waals surface area contributed by atoms with Crippen LogP contribution in [-0.2, 0) is 14.8 Å². The van der Waals surface area contributed by atoms with E-state index in [1.54, 1.807) is 18.2 Å². The number of anilines is 2. The molecule has 0 radical (unpaired) electrons. The Labute approximate surface area is 148 Å². The van der Waals surface area contributed by atoms with E-state index in [2.05, 4.69) is 10.0 Å². The zero-order valence-corrected chi connectivity index (χ0v) is 15.2. The van der Waals surface area contributed by atoms with E-state index in [1.165, 1.54) is 12.1 Å². The molecule has 6 heteroatoms. The maximum atomic E-state index is 12.5. The first-order chi connectivity index (χ1) is 11.8. The molecule has 1 aliphatic rings. The summed E-state index contributed by atoms with van der Waals surface area (Å²) in [5, 5.41) is 2.83. The van der Waals surface area contributed by atoms with Gasteiger partial charge in [-0.2, -0.15) is 0 Å². The van der Waals surface area contributed by atoms with Crippen molar-refractivity contribution in [2.45, 2.75) is 38.0 Å². The normalized spacial score (nSPS) is 14.6. The number of aryl methyl sites for hydroxylation is 2. The molecule has 0 heterocycles. The Bertz CT molecular complexity index is 885. The molecule has 0 spiro atoms. The van der Waals surface area contributed by atoms with E-state index in [1.807, 2.05) is 26.0 Å². The van der Waals surface area contributed by atoms with E-state index < -0.39 is 10.0 Å². The summed E-state index contributed by atoms with van der Waals surface area (Å²) in [5.74, 6) is 0.102. The molecule has 0 atom stereocenters. The number of sulfonamides is 1. The molecular weight excluding hydrogens is 336 g/mol. The predicted molar refractivity (Wildman–Crippen MR) is 99.1 cm³/mol. The summed E-state index contributed by atoms with van der Waals surface area (Å²) in [5.41, 5.74) is 3.12. The lowest BCUT2D eigenvalue weighted by Crippen LogP contribution is -2.28. The molecular formula is C19H22N2O3S. The van der Waals surface area contributed by atoms with Crippen molar-refractivity contribution in [3.63, 3.8) is 0 Å². The summed E-state index contributed by atoms with van der Waals surface area (Å²) < 4.78 is 27.7. The summed E-state index contributed by atoms with van der Waals surface area (Å²) >= 11 is 0. The average Bonchev–Trinajstić information content (AvgIpc) is 2.49. The van der Waals surface area contributed by atoms with Gasteiger partial charge < -0.3 is 5.32 Å². The number of carbonyl (C=O) groups is 1. The van der Waals surface area contributed by atoms with Gasteiger partial charge in [-0.05, 0) is 62.6 Å². The highest BCUT2D eigenvalue weighted by Crippen LogP contribution is 2.28. The van der Waals surface area contributed by atoms with Crippen molar-refractivity contribution in [3.05, 3.63) is 53.6 Å². The van der Waals surface area contributed by atoms with Crippen LogP contribution in [0.5, 0.6) is 0 Å². The molecule has 0 saturated heterocycles. The number of hydrogen-bond donors (Lipinski definition) is 2. The third kappa shape index (κ3) is 4.02. The van der Waals surface area contributed by atoms with Gasteiger partial charge in [0.1, 0.15) is 0 Å². The van der Waals surface area contributed by atoms with Crippen molar-refractivity contribution in [2.75, 3.05) is 10.0 Å². The fraction of sp³-hybridized carbons (Fsp3) is 0.316. The van der Waals surface area contributed by atoms with Crippen LogP contribution in [-0.4, -0.2) is 14.3 Å². The number of nitrogens with one attached hydrogen (secondary N) is 2. The average molecular weight is 358 g/mol. The van der Waals surface area contributed by atoms with Gasteiger partial charge in [-0.25, -0.2) is 8.42 Å². The highest BCUT2D eigenvalue weighted by molar-refractivity contribution is 7.92. The minimum Gasteiger partial charge on any atom is -0.326 e. The third-order valence-corrected chi connectivity index (χ3v) is 5.92. The summed E-state index contributed by atoms with van der Waals surface area (Å²) in [7, 11) is -3.67. The quantitative estimate of drug-likeness (QED) is 0.852. The lowest BCUT2D eigenvalue weighted by Gasteiger charge is -2.24. The first-order valence-corrected chi connectivity index (χ1v) is 9.84. The van der Waals surface area contributed by atoms with Crippen molar-refractivity contribution in [2.24, 2.45) is 5.92 Å². The molecule has 0 bridgehead atoms. The topological polar surface area (TPSA) is 75.3 Å². The molecule has 2 aromatic carbocycles. The van der Waals surface area contributed by atoms with Gasteiger partial charge in [-0.1, -0.05) is 24.1 Å². The first kappa shape index (κ1) is 17.5. The maximum Gasteiger partial charge on any atom is 0.261 e. The van der Waals surface area contributed by atoms with Gasteiger partial charge in [0.15, 0.2) is 0 Å². The van der Waals surface area contributed by atoms with E-state index in [0.717, 1.165) is 30.4 Å². The number of hydrogen-bond acceptors (Lipinski definition) is 3. The van der Waals surface area contributed by atoms with Crippen LogP contribution in [0, 0.1) is 19.8 Å². The molecule has 132 valence electrons. The van der Waals surface area contributed by atoms with Crippen molar-refractivity contribution in [3.8, 4) is 0 Å². The van der Waals surface area contributed by atoms with Gasteiger partial charge in [0, 0.05) is 11.6 Å². The second-order valence-corrected chi connectivity index (χ2v) is 8.25. The molecule has 5 nitrogen and oxygen atoms in total. The predicted octanol–water partition coefficient (Wildman–Crippen LogP) is 3.84. The Morgan fingerprint density at radius 2 is 1.72 bits per heavy atom. The monoisotopic (exact) mass is 358 g/mol. The summed E-state index contributed by atoms with van der Waals surface area (Å²) in [6.07, 6.45) is 2.95. The standard InChI is InChI=1S/C19H22N2O3S/c1-13-6-11-18(14(2)12-13)21-25(23,24)17-9-7-16(8-10-17)20-19(22)15-4-3-5-15/h6-12,15,21H,3-5H2,1-2H3,(H,20,22). The van der Waals surface area contributed by atoms with Gasteiger partial charge in [0.25, 0.3) is 10.0 Å². The van der Waals surface area contributed by atoms with Crippen LogP contribution in [0.4, 0.5) is 11.4 Å². The zero-order chi connectivity index (χ0) is 18.0. The van der Waals surface area contributed by atoms with Crippen molar-refractivity contribution >= 4 is 27.3 Å². The smallest absolute Gasteiger partial charge is 0.261 e. The molecule has 0 unspecified atom stereocenters. The fourth-order valence-corrected chi connectivity index (χ4v) is 3.89. The van der Waals surface area contributed by atoms with Crippen LogP contribution < -0.4 is 10.0 Å². The molecule has 1 aliphatic carbocycles. The van der Waals surface area contributed by atoms with E-state index >= 15 is 0 Å². The SMILES string of the molecule is Cc1ccc(NS(=O)(=O)c2ccc(NC(=O)C3CCC3)cc2)c(C)c1. The second-order valence-electron chi connectivity index (χ2n) is 6.57. The van der Waals surface area contributed by atoms with Crippen LogP contribution in [0.25, 0.3) is 0 Å². The molecule has 2 aromatic rings. The molecule has 1 saturated carbocycles. The van der Waals surface area contributed by atoms with E-state index in [-0.39, 0.29) is 16.7 Å². The molecule has 3 rings (SSSR count). The largest absolute Gasteiger partial charge is 0.326 e. The lowest BCUT2D eigenvalue weighted by atomic mass is 9.85. The van der Waals surface area contributed by atoms with E-state index in [9.17, 15) is 13.2 Å². The van der Waals surface area contributed by atoms with Gasteiger partial charge in [0.2, 0.25) is 5.91 Å². The molecule has 25 heavy (non-hydrogen) atoms. The highest BCUT2D eigenvalue weighted by atomic mass is 32.2. The van der Waals surface area contributed by atoms with Gasteiger partial charge in [0.05, 0.1) is 10.6 Å². The van der Waals surface area contributed by atoms with Crippen LogP contribution in [0.2, 0.25) is 0 Å². The van der Waals surface area contributed by atoms with Gasteiger partial charge >= 0.3 is 0 Å². The van der Waals surface area contributed by atoms with Crippen molar-refractivity contribution < 1.29 is 13.2 Å². The molecule has 1 amide bonds. The molecule has 0 aliphatic heterocycles. The van der Waals surface area contributed by atoms with Crippen LogP contribution in [0.1, 0.15) is 30.4 Å².